The van der Waals surface area contributed by atoms with E-state index < -0.39 is 15.9 Å². The Labute approximate surface area is 294 Å². The second-order valence-corrected chi connectivity index (χ2v) is 16.1. The van der Waals surface area contributed by atoms with Crippen LogP contribution in [0, 0.1) is 17.8 Å². The number of rotatable bonds is 9. The maximum atomic E-state index is 13.9. The quantitative estimate of drug-likeness (QED) is 0.172. The molecule has 0 atom stereocenters. The number of benzene rings is 2. The molecule has 13 heteroatoms. The molecule has 2 aliphatic rings. The van der Waals surface area contributed by atoms with Crippen LogP contribution in [0.3, 0.4) is 0 Å². The minimum Gasteiger partial charge on any atom is -0.283 e. The molecule has 1 aliphatic heterocycles. The van der Waals surface area contributed by atoms with Crippen molar-refractivity contribution in [1.82, 2.24) is 24.9 Å². The maximum absolute atomic E-state index is 13.9. The predicted molar refractivity (Wildman–Crippen MR) is 190 cm³/mol. The summed E-state index contributed by atoms with van der Waals surface area (Å²) in [5.74, 6) is 6.13. The highest BCUT2D eigenvalue weighted by atomic mass is 35.5. The molecule has 1 amide bonds. The highest BCUT2D eigenvalue weighted by Crippen LogP contribution is 2.37. The Morgan fingerprint density at radius 2 is 1.64 bits per heavy atom. The topological polar surface area (TPSA) is 96.3 Å². The number of hydrazine groups is 1. The van der Waals surface area contributed by atoms with Crippen molar-refractivity contribution in [3.05, 3.63) is 91.4 Å². The van der Waals surface area contributed by atoms with Crippen LogP contribution >= 0.6 is 46.1 Å². The van der Waals surface area contributed by atoms with Gasteiger partial charge in [-0.05, 0) is 86.2 Å². The Hall–Kier alpha value is -2.88. The first kappa shape index (κ1) is 34.0. The third-order valence-corrected chi connectivity index (χ3v) is 11.7. The minimum absolute atomic E-state index is 0.0538. The molecular weight excluding hydrogens is 697 g/mol. The molecule has 1 aliphatic carbocycles. The minimum atomic E-state index is -3.64. The number of amides is 1. The number of carbonyl (C=O) groups is 1. The van der Waals surface area contributed by atoms with E-state index in [-0.39, 0.29) is 23.9 Å². The van der Waals surface area contributed by atoms with E-state index in [1.807, 2.05) is 29.3 Å². The Morgan fingerprint density at radius 3 is 2.36 bits per heavy atom. The van der Waals surface area contributed by atoms with Gasteiger partial charge in [-0.3, -0.25) is 10.2 Å². The van der Waals surface area contributed by atoms with Crippen LogP contribution in [0.2, 0.25) is 15.1 Å². The van der Waals surface area contributed by atoms with E-state index in [2.05, 4.69) is 22.0 Å². The summed E-state index contributed by atoms with van der Waals surface area (Å²) >= 11 is 20.4. The van der Waals surface area contributed by atoms with Gasteiger partial charge in [0.15, 0.2) is 5.69 Å². The molecule has 4 aromatic rings. The highest BCUT2D eigenvalue weighted by Gasteiger charge is 2.30. The number of hydrogen-bond acceptors (Lipinski definition) is 6. The number of carbonyl (C=O) groups excluding carboxylic acids is 1. The van der Waals surface area contributed by atoms with Gasteiger partial charge >= 0.3 is 0 Å². The first-order valence-corrected chi connectivity index (χ1v) is 19.2. The van der Waals surface area contributed by atoms with E-state index in [1.54, 1.807) is 35.0 Å². The van der Waals surface area contributed by atoms with E-state index in [0.29, 0.717) is 32.0 Å². The average molecular weight is 731 g/mol. The van der Waals surface area contributed by atoms with Crippen LogP contribution in [0.5, 0.6) is 0 Å². The van der Waals surface area contributed by atoms with Crippen molar-refractivity contribution >= 4 is 62.1 Å². The molecular formula is C34H34Cl3N5O3S2. The first-order chi connectivity index (χ1) is 22.6. The Bertz CT molecular complexity index is 1920. The summed E-state index contributed by atoms with van der Waals surface area (Å²) in [4.78, 5) is 15.4. The van der Waals surface area contributed by atoms with E-state index in [9.17, 15) is 13.2 Å². The number of halogens is 3. The summed E-state index contributed by atoms with van der Waals surface area (Å²) in [7, 11) is -3.64. The lowest BCUT2D eigenvalue weighted by molar-refractivity contribution is 0.0743. The number of piperidine rings is 1. The molecule has 2 aromatic carbocycles. The molecule has 1 saturated heterocycles. The van der Waals surface area contributed by atoms with Crippen LogP contribution in [0.15, 0.2) is 54.6 Å². The van der Waals surface area contributed by atoms with Gasteiger partial charge in [-0.15, -0.1) is 11.3 Å². The van der Waals surface area contributed by atoms with Gasteiger partial charge in [-0.1, -0.05) is 65.9 Å². The molecule has 1 saturated carbocycles. The lowest BCUT2D eigenvalue weighted by Crippen LogP contribution is -2.45. The van der Waals surface area contributed by atoms with Gasteiger partial charge in [-0.25, -0.2) is 22.8 Å². The zero-order valence-corrected chi connectivity index (χ0v) is 29.5. The standard InChI is InChI=1S/C34H34Cl3N5O3S2/c35-25-11-8-23(9-12-25)10-14-27-15-17-31(46-27)33-28(21-38-47(44,45)22-24-6-2-3-7-24)32(34(43)40-41-18-4-1-5-19-41)39-42(33)30-16-13-26(36)20-29(30)37/h8-9,11-13,15-17,20,24,38H,1-7,18-19,21-22H2,(H,40,43). The Kier molecular flexibility index (Phi) is 10.9. The van der Waals surface area contributed by atoms with Gasteiger partial charge in [0.05, 0.1) is 31.9 Å². The number of thiophene rings is 1. The summed E-state index contributed by atoms with van der Waals surface area (Å²) in [5, 5.41) is 8.11. The fourth-order valence-electron chi connectivity index (χ4n) is 6.01. The van der Waals surface area contributed by atoms with Crippen molar-refractivity contribution in [2.24, 2.45) is 5.92 Å². The van der Waals surface area contributed by atoms with Crippen LogP contribution in [0.4, 0.5) is 0 Å². The van der Waals surface area contributed by atoms with Gasteiger partial charge in [0.25, 0.3) is 5.91 Å². The molecule has 0 unspecified atom stereocenters. The van der Waals surface area contributed by atoms with E-state index in [0.717, 1.165) is 73.4 Å². The third kappa shape index (κ3) is 8.59. The largest absolute Gasteiger partial charge is 0.286 e. The fourth-order valence-corrected chi connectivity index (χ4v) is 8.98. The van der Waals surface area contributed by atoms with Gasteiger partial charge in [0, 0.05) is 40.8 Å². The maximum Gasteiger partial charge on any atom is 0.286 e. The number of nitrogens with zero attached hydrogens (tertiary/aromatic N) is 3. The number of sulfonamides is 1. The molecule has 246 valence electrons. The molecule has 0 bridgehead atoms. The summed E-state index contributed by atoms with van der Waals surface area (Å²) in [6.07, 6.45) is 6.94. The average Bonchev–Trinajstić information content (AvgIpc) is 3.81. The summed E-state index contributed by atoms with van der Waals surface area (Å²) < 4.78 is 31.0. The fraction of sp³-hybridized carbons (Fsp3) is 0.353. The van der Waals surface area contributed by atoms with Crippen LogP contribution in [0.1, 0.15) is 71.4 Å². The molecule has 47 heavy (non-hydrogen) atoms. The summed E-state index contributed by atoms with van der Waals surface area (Å²) in [5.41, 5.74) is 5.43. The number of hydrogen-bond donors (Lipinski definition) is 2. The molecule has 2 N–H and O–H groups in total. The van der Waals surface area contributed by atoms with E-state index in [1.165, 1.54) is 11.3 Å². The highest BCUT2D eigenvalue weighted by molar-refractivity contribution is 7.89. The van der Waals surface area contributed by atoms with Gasteiger partial charge in [0.2, 0.25) is 10.0 Å². The van der Waals surface area contributed by atoms with Crippen molar-refractivity contribution in [1.29, 1.82) is 0 Å². The Balaban J connectivity index is 1.43. The third-order valence-electron chi connectivity index (χ3n) is 8.36. The van der Waals surface area contributed by atoms with Crippen LogP contribution in [-0.2, 0) is 16.6 Å². The molecule has 6 rings (SSSR count). The van der Waals surface area contributed by atoms with Crippen molar-refractivity contribution in [3.63, 3.8) is 0 Å². The van der Waals surface area contributed by atoms with Crippen molar-refractivity contribution in [3.8, 4) is 28.1 Å². The lowest BCUT2D eigenvalue weighted by atomic mass is 10.1. The van der Waals surface area contributed by atoms with Crippen molar-refractivity contribution < 1.29 is 13.2 Å². The zero-order chi connectivity index (χ0) is 33.0. The van der Waals surface area contributed by atoms with Gasteiger partial charge in [-0.2, -0.15) is 5.10 Å². The number of aromatic nitrogens is 2. The molecule has 2 aromatic heterocycles. The summed E-state index contributed by atoms with van der Waals surface area (Å²) in [6, 6.07) is 16.1. The second-order valence-electron chi connectivity index (χ2n) is 11.8. The zero-order valence-electron chi connectivity index (χ0n) is 25.6. The van der Waals surface area contributed by atoms with E-state index >= 15 is 0 Å². The van der Waals surface area contributed by atoms with E-state index in [4.69, 9.17) is 39.9 Å². The monoisotopic (exact) mass is 729 g/mol. The van der Waals surface area contributed by atoms with Crippen LogP contribution in [-0.4, -0.2) is 48.0 Å². The molecule has 2 fully saturated rings. The van der Waals surface area contributed by atoms with Gasteiger partial charge in [0.1, 0.15) is 0 Å². The Morgan fingerprint density at radius 1 is 0.915 bits per heavy atom. The second kappa shape index (κ2) is 15.1. The lowest BCUT2D eigenvalue weighted by Gasteiger charge is -2.26. The van der Waals surface area contributed by atoms with Crippen molar-refractivity contribution in [2.45, 2.75) is 51.5 Å². The van der Waals surface area contributed by atoms with Crippen LogP contribution < -0.4 is 10.1 Å². The molecule has 0 spiro atoms. The first-order valence-electron chi connectivity index (χ1n) is 15.6. The molecule has 3 heterocycles. The van der Waals surface area contributed by atoms with Gasteiger partial charge < -0.3 is 0 Å². The van der Waals surface area contributed by atoms with Crippen molar-refractivity contribution in [2.75, 3.05) is 18.8 Å². The smallest absolute Gasteiger partial charge is 0.283 e. The summed E-state index contributed by atoms with van der Waals surface area (Å²) in [6.45, 7) is 1.33. The number of nitrogens with one attached hydrogen (secondary N) is 2. The molecule has 8 nitrogen and oxygen atoms in total. The predicted octanol–water partition coefficient (Wildman–Crippen LogP) is 7.70. The molecule has 0 radical (unpaired) electrons. The van der Waals surface area contributed by atoms with Crippen LogP contribution in [0.25, 0.3) is 16.3 Å². The normalized spacial score (nSPS) is 15.8. The SMILES string of the molecule is O=C(NN1CCCCC1)c1nn(-c2ccc(Cl)cc2Cl)c(-c2ccc(C#Cc3ccc(Cl)cc3)s2)c1CNS(=O)(=O)CC1CCCC1.